The van der Waals surface area contributed by atoms with Crippen molar-refractivity contribution in [1.29, 1.82) is 0 Å². The summed E-state index contributed by atoms with van der Waals surface area (Å²) in [6, 6.07) is 0. The number of hydrogen-bond donors (Lipinski definition) is 3. The fourth-order valence-corrected chi connectivity index (χ4v) is 14.4. The molecule has 48 heavy (non-hydrogen) atoms. The molecule has 9 atom stereocenters. The van der Waals surface area contributed by atoms with Gasteiger partial charge in [0.2, 0.25) is 5.91 Å². The van der Waals surface area contributed by atoms with E-state index in [1.807, 2.05) is 4.90 Å². The zero-order valence-corrected chi connectivity index (χ0v) is 31.1. The number of hydrogen-bond acceptors (Lipinski definition) is 4. The maximum absolute atomic E-state index is 11.8. The molecule has 1 aliphatic heterocycles. The van der Waals surface area contributed by atoms with Crippen LogP contribution in [0.5, 0.6) is 0 Å². The molecular formula is C42H66N2O4. The molecular weight excluding hydrogens is 596 g/mol. The highest BCUT2D eigenvalue weighted by atomic mass is 16.4. The standard InChI is InChI=1S/C42H66N2O4/c1-28(45)44-26-23-41(48,24-27-44)22-25-43-42-17-7-8-33(42)32-13-14-35-38(4)18-15-31(29-9-11-30(12-10-29)36(46)47)37(2,3)34(38)16-19-40(35,6)39(32,5)20-21-42/h9,15,30,32-35,43,48H,7-8,10-14,16-27H2,1-6H3,(H,46,47)/t30?,32-,33?,34?,35?,38?,39-,40?,42?/m1/s1. The van der Waals surface area contributed by atoms with Crippen LogP contribution in [0.2, 0.25) is 0 Å². The molecule has 4 saturated carbocycles. The van der Waals surface area contributed by atoms with Crippen LogP contribution in [0.3, 0.4) is 0 Å². The van der Waals surface area contributed by atoms with Gasteiger partial charge in [0.05, 0.1) is 11.5 Å². The van der Waals surface area contributed by atoms with Crippen molar-refractivity contribution in [1.82, 2.24) is 10.2 Å². The quantitative estimate of drug-likeness (QED) is 0.266. The van der Waals surface area contributed by atoms with Crippen molar-refractivity contribution in [2.75, 3.05) is 19.6 Å². The number of carbonyl (C=O) groups excluding carboxylic acids is 1. The minimum absolute atomic E-state index is 0.109. The monoisotopic (exact) mass is 663 g/mol. The van der Waals surface area contributed by atoms with Crippen molar-refractivity contribution in [3.63, 3.8) is 0 Å². The summed E-state index contributed by atoms with van der Waals surface area (Å²) < 4.78 is 0. The van der Waals surface area contributed by atoms with E-state index in [9.17, 15) is 19.8 Å². The number of carboxylic acids is 1. The van der Waals surface area contributed by atoms with Crippen molar-refractivity contribution in [3.8, 4) is 0 Å². The van der Waals surface area contributed by atoms with Gasteiger partial charge >= 0.3 is 5.97 Å². The number of nitrogens with zero attached hydrogens (tertiary/aromatic N) is 1. The fourth-order valence-electron chi connectivity index (χ4n) is 14.4. The number of carboxylic acid groups (broad SMARTS) is 1. The first kappa shape index (κ1) is 34.8. The molecule has 0 spiro atoms. The molecule has 0 aromatic rings. The van der Waals surface area contributed by atoms with E-state index in [1.54, 1.807) is 6.92 Å². The molecule has 5 fully saturated rings. The zero-order valence-electron chi connectivity index (χ0n) is 31.1. The lowest BCUT2D eigenvalue weighted by Crippen LogP contribution is -2.67. The highest BCUT2D eigenvalue weighted by Gasteiger charge is 2.69. The number of allylic oxidation sites excluding steroid dienone is 4. The van der Waals surface area contributed by atoms with Crippen molar-refractivity contribution in [3.05, 3.63) is 23.3 Å². The Labute approximate surface area is 291 Å². The van der Waals surface area contributed by atoms with Gasteiger partial charge in [0.25, 0.3) is 0 Å². The second-order valence-electron chi connectivity index (χ2n) is 19.3. The van der Waals surface area contributed by atoms with Crippen LogP contribution in [0.25, 0.3) is 0 Å². The average Bonchev–Trinajstić information content (AvgIpc) is 3.45. The van der Waals surface area contributed by atoms with Gasteiger partial charge in [-0.25, -0.2) is 0 Å². The third-order valence-electron chi connectivity index (χ3n) is 17.3. The van der Waals surface area contributed by atoms with Gasteiger partial charge in [0, 0.05) is 25.6 Å². The number of rotatable bonds is 6. The molecule has 0 bridgehead atoms. The molecule has 6 nitrogen and oxygen atoms in total. The smallest absolute Gasteiger partial charge is 0.306 e. The molecule has 0 aromatic heterocycles. The van der Waals surface area contributed by atoms with Gasteiger partial charge in [-0.3, -0.25) is 9.59 Å². The van der Waals surface area contributed by atoms with E-state index in [1.165, 1.54) is 75.4 Å². The van der Waals surface area contributed by atoms with Gasteiger partial charge in [-0.2, -0.15) is 0 Å². The lowest BCUT2D eigenvalue weighted by atomic mass is 9.33. The number of fused-ring (bicyclic) bond motifs is 7. The number of nitrogens with one attached hydrogen (secondary N) is 1. The molecule has 7 rings (SSSR count). The Kier molecular flexibility index (Phi) is 8.66. The minimum atomic E-state index is -0.650. The molecule has 1 saturated heterocycles. The number of carbonyl (C=O) groups is 2. The maximum Gasteiger partial charge on any atom is 0.306 e. The van der Waals surface area contributed by atoms with E-state index in [-0.39, 0.29) is 22.8 Å². The van der Waals surface area contributed by atoms with Crippen LogP contribution >= 0.6 is 0 Å². The van der Waals surface area contributed by atoms with Crippen LogP contribution < -0.4 is 5.32 Å². The first-order chi connectivity index (χ1) is 22.6. The molecule has 268 valence electrons. The molecule has 1 heterocycles. The number of amides is 1. The van der Waals surface area contributed by atoms with Crippen molar-refractivity contribution < 1.29 is 19.8 Å². The lowest BCUT2D eigenvalue weighted by molar-refractivity contribution is -0.218. The van der Waals surface area contributed by atoms with E-state index < -0.39 is 11.6 Å². The lowest BCUT2D eigenvalue weighted by Gasteiger charge is -2.72. The van der Waals surface area contributed by atoms with Gasteiger partial charge in [-0.1, -0.05) is 53.2 Å². The van der Waals surface area contributed by atoms with Gasteiger partial charge < -0.3 is 20.4 Å². The summed E-state index contributed by atoms with van der Waals surface area (Å²) in [4.78, 5) is 25.4. The maximum atomic E-state index is 11.8. The number of aliphatic hydroxyl groups is 1. The summed E-state index contributed by atoms with van der Waals surface area (Å²) in [7, 11) is 0. The van der Waals surface area contributed by atoms with Crippen molar-refractivity contribution in [2.45, 2.75) is 155 Å². The predicted molar refractivity (Wildman–Crippen MR) is 191 cm³/mol. The molecule has 0 aromatic carbocycles. The molecule has 0 radical (unpaired) electrons. The van der Waals surface area contributed by atoms with Gasteiger partial charge in [-0.15, -0.1) is 0 Å². The Morgan fingerprint density at radius 1 is 0.854 bits per heavy atom. The average molecular weight is 663 g/mol. The van der Waals surface area contributed by atoms with Crippen LogP contribution in [-0.2, 0) is 9.59 Å². The van der Waals surface area contributed by atoms with E-state index in [2.05, 4.69) is 52.1 Å². The van der Waals surface area contributed by atoms with E-state index in [0.717, 1.165) is 43.6 Å². The summed E-state index contributed by atoms with van der Waals surface area (Å²) in [5.74, 6) is 2.16. The van der Waals surface area contributed by atoms with Crippen LogP contribution in [0.4, 0.5) is 0 Å². The first-order valence-electron chi connectivity index (χ1n) is 19.9. The van der Waals surface area contributed by atoms with Crippen LogP contribution in [0, 0.1) is 51.2 Å². The number of piperidine rings is 1. The van der Waals surface area contributed by atoms with E-state index >= 15 is 0 Å². The summed E-state index contributed by atoms with van der Waals surface area (Å²) in [6.45, 7) is 17.0. The third-order valence-corrected chi connectivity index (χ3v) is 17.3. The Balaban J connectivity index is 1.07. The molecule has 7 unspecified atom stereocenters. The van der Waals surface area contributed by atoms with Crippen molar-refractivity contribution >= 4 is 11.9 Å². The fraction of sp³-hybridized carbons (Fsp3) is 0.857. The minimum Gasteiger partial charge on any atom is -0.481 e. The predicted octanol–water partition coefficient (Wildman–Crippen LogP) is 8.29. The van der Waals surface area contributed by atoms with Crippen LogP contribution in [0.1, 0.15) is 144 Å². The molecule has 6 aliphatic carbocycles. The number of likely N-dealkylation sites (tertiary alicyclic amines) is 1. The SMILES string of the molecule is CC(=O)N1CCC(O)(CCNC23CCCC2[C@H]2CCC4C5(C)CC=C(C6=CCC(C(=O)O)CC6)C(C)(C)C5CCC4(C)[C@]2(C)CC3)CC1. The first-order valence-corrected chi connectivity index (χ1v) is 19.9. The van der Waals surface area contributed by atoms with Crippen LogP contribution in [0.15, 0.2) is 23.3 Å². The van der Waals surface area contributed by atoms with Gasteiger partial charge in [0.1, 0.15) is 0 Å². The number of aliphatic carboxylic acids is 1. The van der Waals surface area contributed by atoms with E-state index in [4.69, 9.17) is 0 Å². The Morgan fingerprint density at radius 2 is 1.60 bits per heavy atom. The molecule has 7 aliphatic rings. The van der Waals surface area contributed by atoms with E-state index in [0.29, 0.717) is 54.5 Å². The van der Waals surface area contributed by atoms with Gasteiger partial charge in [0.15, 0.2) is 0 Å². The zero-order chi connectivity index (χ0) is 34.3. The largest absolute Gasteiger partial charge is 0.481 e. The second-order valence-corrected chi connectivity index (χ2v) is 19.3. The summed E-state index contributed by atoms with van der Waals surface area (Å²) in [6.07, 6.45) is 22.5. The summed E-state index contributed by atoms with van der Waals surface area (Å²) in [5, 5.41) is 25.1. The summed E-state index contributed by atoms with van der Waals surface area (Å²) in [5.41, 5.74) is 3.65. The summed E-state index contributed by atoms with van der Waals surface area (Å²) >= 11 is 0. The molecule has 3 N–H and O–H groups in total. The Bertz CT molecular complexity index is 1360. The molecule has 6 heteroatoms. The van der Waals surface area contributed by atoms with Crippen molar-refractivity contribution in [2.24, 2.45) is 51.2 Å². The Morgan fingerprint density at radius 3 is 2.27 bits per heavy atom. The second kappa shape index (κ2) is 12.0. The van der Waals surface area contributed by atoms with Crippen LogP contribution in [-0.4, -0.2) is 57.8 Å². The normalized spacial score (nSPS) is 44.7. The Hall–Kier alpha value is -1.66. The van der Waals surface area contributed by atoms with Gasteiger partial charge in [-0.05, 0) is 159 Å². The highest BCUT2D eigenvalue weighted by molar-refractivity contribution is 5.73. The highest BCUT2D eigenvalue weighted by Crippen LogP contribution is 2.76. The third kappa shape index (κ3) is 5.22. The molecule has 1 amide bonds. The topological polar surface area (TPSA) is 89.9 Å².